The van der Waals surface area contributed by atoms with E-state index in [1.807, 2.05) is 0 Å². The number of hydrogen-bond donors (Lipinski definition) is 0. The van der Waals surface area contributed by atoms with Crippen LogP contribution < -0.4 is 0 Å². The molecule has 0 fully saturated rings. The molecule has 1 heteroatoms. The van der Waals surface area contributed by atoms with Crippen LogP contribution in [0.2, 0.25) is 0 Å². The summed E-state index contributed by atoms with van der Waals surface area (Å²) in [5.74, 6) is 0. The first-order chi connectivity index (χ1) is 7.85. The standard InChI is InChI=1S/C15H21P/c1-3-5-7-12-9-10-15-14(12)11-13(16-15)8-6-4-2/h7,9-11,16H,3-6,8H2,1-2H3/b12-7-. The Hall–Kier alpha value is -0.740. The van der Waals surface area contributed by atoms with E-state index in [-0.39, 0.29) is 0 Å². The van der Waals surface area contributed by atoms with Crippen LogP contribution in [-0.4, -0.2) is 0 Å². The summed E-state index contributed by atoms with van der Waals surface area (Å²) in [5, 5.41) is 3.24. The van der Waals surface area contributed by atoms with Gasteiger partial charge in [-0.3, -0.25) is 0 Å². The molecule has 16 heavy (non-hydrogen) atoms. The molecule has 1 unspecified atom stereocenters. The number of unbranched alkanes of at least 4 members (excludes halogenated alkanes) is 2. The molecule has 0 N–H and O–H groups in total. The monoisotopic (exact) mass is 232 g/mol. The lowest BCUT2D eigenvalue weighted by Crippen LogP contribution is -1.78. The Balaban J connectivity index is 2.13. The van der Waals surface area contributed by atoms with Crippen molar-refractivity contribution in [2.75, 3.05) is 0 Å². The van der Waals surface area contributed by atoms with Crippen LogP contribution in [0.3, 0.4) is 0 Å². The summed E-state index contributed by atoms with van der Waals surface area (Å²) in [4.78, 5) is 0. The van der Waals surface area contributed by atoms with Crippen LogP contribution in [0.4, 0.5) is 0 Å². The van der Waals surface area contributed by atoms with Gasteiger partial charge in [0, 0.05) is 0 Å². The van der Waals surface area contributed by atoms with Gasteiger partial charge in [-0.2, -0.15) is 0 Å². The molecule has 0 aliphatic heterocycles. The predicted molar refractivity (Wildman–Crippen MR) is 76.5 cm³/mol. The Morgan fingerprint density at radius 2 is 2.06 bits per heavy atom. The molecule has 0 spiro atoms. The third-order valence-electron chi connectivity index (χ3n) is 3.10. The minimum Gasteiger partial charge on any atom is -0.128 e. The normalized spacial score (nSPS) is 16.5. The summed E-state index contributed by atoms with van der Waals surface area (Å²) < 4.78 is 0. The van der Waals surface area contributed by atoms with E-state index in [9.17, 15) is 0 Å². The van der Waals surface area contributed by atoms with E-state index < -0.39 is 0 Å². The SMILES string of the molecule is CCC/C=C1/C=Cc2[pH]c(CCCC)cc21. The lowest BCUT2D eigenvalue weighted by Gasteiger charge is -1.96. The molecule has 0 nitrogen and oxygen atoms in total. The van der Waals surface area contributed by atoms with E-state index in [4.69, 9.17) is 0 Å². The van der Waals surface area contributed by atoms with Crippen LogP contribution in [-0.2, 0) is 6.42 Å². The minimum atomic E-state index is 0.948. The van der Waals surface area contributed by atoms with Gasteiger partial charge in [0.25, 0.3) is 0 Å². The van der Waals surface area contributed by atoms with Gasteiger partial charge in [-0.05, 0) is 47.1 Å². The second-order valence-corrected chi connectivity index (χ2v) is 5.94. The summed E-state index contributed by atoms with van der Waals surface area (Å²) in [6.07, 6.45) is 13.4. The summed E-state index contributed by atoms with van der Waals surface area (Å²) in [6, 6.07) is 2.45. The smallest absolute Gasteiger partial charge is 0.000944 e. The average Bonchev–Trinajstić information content (AvgIpc) is 2.83. The first kappa shape index (κ1) is 11.7. The molecule has 1 aromatic heterocycles. The van der Waals surface area contributed by atoms with E-state index in [2.05, 4.69) is 38.1 Å². The zero-order valence-electron chi connectivity index (χ0n) is 10.3. The van der Waals surface area contributed by atoms with Crippen LogP contribution in [0.25, 0.3) is 11.6 Å². The molecule has 0 saturated heterocycles. The van der Waals surface area contributed by atoms with Crippen molar-refractivity contribution in [2.45, 2.75) is 46.0 Å². The Kier molecular flexibility index (Phi) is 4.07. The van der Waals surface area contributed by atoms with Crippen LogP contribution in [0.15, 0.2) is 18.2 Å². The Bertz CT molecular complexity index is 407. The lowest BCUT2D eigenvalue weighted by molar-refractivity contribution is 0.804. The zero-order valence-corrected chi connectivity index (χ0v) is 11.3. The van der Waals surface area contributed by atoms with Crippen molar-refractivity contribution in [1.82, 2.24) is 0 Å². The topological polar surface area (TPSA) is 0 Å². The maximum atomic E-state index is 2.45. The molecule has 1 aliphatic rings. The maximum Gasteiger partial charge on any atom is -0.000944 e. The van der Waals surface area contributed by atoms with Crippen molar-refractivity contribution >= 4 is 19.8 Å². The van der Waals surface area contributed by atoms with E-state index in [0.717, 1.165) is 8.19 Å². The van der Waals surface area contributed by atoms with Crippen molar-refractivity contribution in [3.8, 4) is 0 Å². The average molecular weight is 232 g/mol. The number of aryl methyl sites for hydroxylation is 1. The first-order valence-electron chi connectivity index (χ1n) is 6.45. The van der Waals surface area contributed by atoms with E-state index in [0.29, 0.717) is 0 Å². The molecule has 1 atom stereocenters. The quantitative estimate of drug-likeness (QED) is 0.648. The van der Waals surface area contributed by atoms with Crippen LogP contribution in [0.1, 0.15) is 55.7 Å². The van der Waals surface area contributed by atoms with Gasteiger partial charge >= 0.3 is 0 Å². The third kappa shape index (κ3) is 2.50. The molecule has 0 amide bonds. The van der Waals surface area contributed by atoms with Gasteiger partial charge in [0.15, 0.2) is 0 Å². The lowest BCUT2D eigenvalue weighted by atomic mass is 10.1. The molecular weight excluding hydrogens is 211 g/mol. The van der Waals surface area contributed by atoms with Crippen LogP contribution >= 0.6 is 8.19 Å². The Morgan fingerprint density at radius 1 is 1.19 bits per heavy atom. The van der Waals surface area contributed by atoms with Crippen molar-refractivity contribution < 1.29 is 0 Å². The van der Waals surface area contributed by atoms with Crippen molar-refractivity contribution in [2.24, 2.45) is 0 Å². The summed E-state index contributed by atoms with van der Waals surface area (Å²) >= 11 is 0. The Morgan fingerprint density at radius 3 is 2.81 bits per heavy atom. The van der Waals surface area contributed by atoms with E-state index >= 15 is 0 Å². The highest BCUT2D eigenvalue weighted by Crippen LogP contribution is 2.39. The molecular formula is C15H21P. The van der Waals surface area contributed by atoms with Gasteiger partial charge in [0.2, 0.25) is 0 Å². The molecule has 86 valence electrons. The van der Waals surface area contributed by atoms with E-state index in [1.165, 1.54) is 43.2 Å². The van der Waals surface area contributed by atoms with Crippen LogP contribution in [0.5, 0.6) is 0 Å². The highest BCUT2D eigenvalue weighted by Gasteiger charge is 2.12. The fraction of sp³-hybridized carbons (Fsp3) is 0.467. The molecule has 0 bridgehead atoms. The molecule has 0 radical (unpaired) electrons. The summed E-state index contributed by atoms with van der Waals surface area (Å²) in [7, 11) is 0.948. The van der Waals surface area contributed by atoms with Gasteiger partial charge in [0.1, 0.15) is 0 Å². The second-order valence-electron chi connectivity index (χ2n) is 4.51. The largest absolute Gasteiger partial charge is 0.128 e. The molecule has 1 heterocycles. The molecule has 1 aliphatic carbocycles. The van der Waals surface area contributed by atoms with Gasteiger partial charge in [-0.25, -0.2) is 0 Å². The second kappa shape index (κ2) is 5.55. The maximum absolute atomic E-state index is 2.45. The van der Waals surface area contributed by atoms with Gasteiger partial charge in [0.05, 0.1) is 0 Å². The van der Waals surface area contributed by atoms with Crippen LogP contribution in [0, 0.1) is 0 Å². The number of rotatable bonds is 5. The first-order valence-corrected chi connectivity index (χ1v) is 7.45. The summed E-state index contributed by atoms with van der Waals surface area (Å²) in [6.45, 7) is 4.51. The zero-order chi connectivity index (χ0) is 11.4. The van der Waals surface area contributed by atoms with Crippen molar-refractivity contribution in [3.05, 3.63) is 34.4 Å². The number of allylic oxidation sites excluding steroid dienone is 3. The number of hydrogen-bond acceptors (Lipinski definition) is 0. The highest BCUT2D eigenvalue weighted by molar-refractivity contribution is 7.33. The Labute approximate surface area is 101 Å². The fourth-order valence-electron chi connectivity index (χ4n) is 2.14. The molecule has 1 aromatic rings. The molecule has 0 aromatic carbocycles. The van der Waals surface area contributed by atoms with Crippen molar-refractivity contribution in [3.63, 3.8) is 0 Å². The van der Waals surface area contributed by atoms with Gasteiger partial charge in [-0.1, -0.05) is 44.9 Å². The van der Waals surface area contributed by atoms with Crippen molar-refractivity contribution in [1.29, 1.82) is 0 Å². The van der Waals surface area contributed by atoms with E-state index in [1.54, 1.807) is 10.6 Å². The number of fused-ring (bicyclic) bond motifs is 1. The van der Waals surface area contributed by atoms with Gasteiger partial charge < -0.3 is 0 Å². The minimum absolute atomic E-state index is 0.948. The highest BCUT2D eigenvalue weighted by atomic mass is 31.0. The third-order valence-corrected chi connectivity index (χ3v) is 4.52. The predicted octanol–water partition coefficient (Wildman–Crippen LogP) is 5.27. The fourth-order valence-corrected chi connectivity index (χ4v) is 3.52. The molecule has 2 rings (SSSR count). The van der Waals surface area contributed by atoms with Gasteiger partial charge in [-0.15, -0.1) is 8.19 Å². The molecule has 0 saturated carbocycles. The summed E-state index contributed by atoms with van der Waals surface area (Å²) in [5.41, 5.74) is 2.99.